The Kier molecular flexibility index (Phi) is 4.51. The van der Waals surface area contributed by atoms with Crippen LogP contribution in [0.15, 0.2) is 11.4 Å². The summed E-state index contributed by atoms with van der Waals surface area (Å²) >= 11 is 2.89. The van der Waals surface area contributed by atoms with Crippen LogP contribution in [0.4, 0.5) is 0 Å². The van der Waals surface area contributed by atoms with Gasteiger partial charge in [0.25, 0.3) is 5.91 Å². The number of nitrogens with one attached hydrogen (secondary N) is 1. The van der Waals surface area contributed by atoms with Gasteiger partial charge in [0.2, 0.25) is 0 Å². The van der Waals surface area contributed by atoms with Crippen LogP contribution in [-0.4, -0.2) is 28.5 Å². The number of carbonyl (C=O) groups is 2. The quantitative estimate of drug-likeness (QED) is 0.889. The van der Waals surface area contributed by atoms with Crippen LogP contribution in [0.5, 0.6) is 0 Å². The van der Waals surface area contributed by atoms with Crippen LogP contribution in [0.1, 0.15) is 35.6 Å². The number of carboxylic acids is 1. The lowest BCUT2D eigenvalue weighted by molar-refractivity contribution is 0.0690. The molecule has 0 aliphatic heterocycles. The van der Waals surface area contributed by atoms with Gasteiger partial charge in [-0.1, -0.05) is 0 Å². The molecule has 2 aromatic heterocycles. The third-order valence-electron chi connectivity index (χ3n) is 2.68. The molecule has 0 aliphatic carbocycles. The number of carbonyl (C=O) groups excluding carboxylic acids is 1. The minimum atomic E-state index is -1.03. The van der Waals surface area contributed by atoms with Crippen molar-refractivity contribution in [2.24, 2.45) is 0 Å². The lowest BCUT2D eigenvalue weighted by Crippen LogP contribution is -2.25. The van der Waals surface area contributed by atoms with E-state index < -0.39 is 5.97 Å². The number of thiazole rings is 1. The Bertz CT molecular complexity index is 646. The van der Waals surface area contributed by atoms with E-state index in [0.717, 1.165) is 9.75 Å². The Labute approximate surface area is 124 Å². The number of hydrogen-bond acceptors (Lipinski definition) is 5. The van der Waals surface area contributed by atoms with Crippen LogP contribution < -0.4 is 5.32 Å². The average molecular weight is 310 g/mol. The largest absolute Gasteiger partial charge is 0.476 e. The first-order chi connectivity index (χ1) is 9.47. The molecule has 5 nitrogen and oxygen atoms in total. The summed E-state index contributed by atoms with van der Waals surface area (Å²) in [7, 11) is 0. The van der Waals surface area contributed by atoms with Gasteiger partial charge in [0.15, 0.2) is 5.69 Å². The number of hydrogen-bond donors (Lipinski definition) is 2. The molecule has 0 saturated carbocycles. The van der Waals surface area contributed by atoms with Gasteiger partial charge in [0, 0.05) is 28.1 Å². The fourth-order valence-corrected chi connectivity index (χ4v) is 3.45. The summed E-state index contributed by atoms with van der Waals surface area (Å²) in [5.74, 6) is -1.12. The molecule has 0 aliphatic rings. The van der Waals surface area contributed by atoms with Crippen LogP contribution >= 0.6 is 22.7 Å². The topological polar surface area (TPSA) is 79.3 Å². The van der Waals surface area contributed by atoms with Crippen molar-refractivity contribution >= 4 is 34.6 Å². The third-order valence-corrected chi connectivity index (χ3v) is 4.56. The van der Waals surface area contributed by atoms with Gasteiger partial charge in [-0.05, 0) is 19.9 Å². The molecule has 0 aromatic carbocycles. The van der Waals surface area contributed by atoms with Crippen molar-refractivity contribution < 1.29 is 14.7 Å². The maximum absolute atomic E-state index is 12.0. The van der Waals surface area contributed by atoms with Crippen molar-refractivity contribution in [3.05, 3.63) is 37.5 Å². The molecule has 2 N–H and O–H groups in total. The molecule has 106 valence electrons. The van der Waals surface area contributed by atoms with Gasteiger partial charge in [-0.15, -0.1) is 22.7 Å². The molecule has 0 unspecified atom stereocenters. The van der Waals surface area contributed by atoms with Crippen molar-refractivity contribution in [1.29, 1.82) is 0 Å². The van der Waals surface area contributed by atoms with E-state index in [1.807, 2.05) is 19.9 Å². The lowest BCUT2D eigenvalue weighted by Gasteiger charge is -2.03. The number of nitrogens with zero attached hydrogens (tertiary/aromatic N) is 1. The highest BCUT2D eigenvalue weighted by atomic mass is 32.1. The van der Waals surface area contributed by atoms with Crippen molar-refractivity contribution in [3.8, 4) is 0 Å². The van der Waals surface area contributed by atoms with Gasteiger partial charge in [0.1, 0.15) is 0 Å². The van der Waals surface area contributed by atoms with E-state index >= 15 is 0 Å². The van der Waals surface area contributed by atoms with Gasteiger partial charge in [-0.3, -0.25) is 4.79 Å². The summed E-state index contributed by atoms with van der Waals surface area (Å²) < 4.78 is 0. The Morgan fingerprint density at radius 2 is 2.15 bits per heavy atom. The van der Waals surface area contributed by atoms with Crippen LogP contribution in [0.2, 0.25) is 0 Å². The molecule has 0 saturated heterocycles. The minimum absolute atomic E-state index is 0.0561. The van der Waals surface area contributed by atoms with Crippen LogP contribution in [0.25, 0.3) is 0 Å². The highest BCUT2D eigenvalue weighted by Gasteiger charge is 2.12. The summed E-state index contributed by atoms with van der Waals surface area (Å²) in [6.45, 7) is 4.34. The fourth-order valence-electron chi connectivity index (χ4n) is 1.76. The van der Waals surface area contributed by atoms with Crippen molar-refractivity contribution in [1.82, 2.24) is 10.3 Å². The predicted molar refractivity (Wildman–Crippen MR) is 78.9 cm³/mol. The van der Waals surface area contributed by atoms with Gasteiger partial charge in [-0.2, -0.15) is 0 Å². The zero-order chi connectivity index (χ0) is 14.7. The number of aromatic carboxylic acids is 1. The van der Waals surface area contributed by atoms with Crippen LogP contribution in [-0.2, 0) is 6.42 Å². The fraction of sp³-hybridized carbons (Fsp3) is 0.308. The van der Waals surface area contributed by atoms with E-state index in [-0.39, 0.29) is 11.6 Å². The summed E-state index contributed by atoms with van der Waals surface area (Å²) in [6, 6.07) is 1.88. The van der Waals surface area contributed by atoms with E-state index in [9.17, 15) is 9.59 Å². The minimum Gasteiger partial charge on any atom is -0.476 e. The molecular formula is C13H14N2O3S2. The Hall–Kier alpha value is -1.73. The standard InChI is InChI=1S/C13H14N2O3S2/c1-7-5-9(8(2)20-7)12(16)14-4-3-11-15-10(6-19-11)13(17)18/h5-6H,3-4H2,1-2H3,(H,14,16)(H,17,18). The second-order valence-electron chi connectivity index (χ2n) is 4.26. The Morgan fingerprint density at radius 1 is 1.40 bits per heavy atom. The van der Waals surface area contributed by atoms with E-state index in [0.29, 0.717) is 23.5 Å². The van der Waals surface area contributed by atoms with Crippen molar-refractivity contribution in [3.63, 3.8) is 0 Å². The zero-order valence-electron chi connectivity index (χ0n) is 11.1. The van der Waals surface area contributed by atoms with Gasteiger partial charge in [-0.25, -0.2) is 9.78 Å². The zero-order valence-corrected chi connectivity index (χ0v) is 12.7. The Balaban J connectivity index is 1.87. The number of rotatable bonds is 5. The molecule has 20 heavy (non-hydrogen) atoms. The summed E-state index contributed by atoms with van der Waals surface area (Å²) in [5.41, 5.74) is 0.762. The SMILES string of the molecule is Cc1cc(C(=O)NCCc2nc(C(=O)O)cs2)c(C)s1. The highest BCUT2D eigenvalue weighted by Crippen LogP contribution is 2.20. The first kappa shape index (κ1) is 14.7. The molecule has 0 fully saturated rings. The summed E-state index contributed by atoms with van der Waals surface area (Å²) in [6.07, 6.45) is 0.534. The molecule has 0 radical (unpaired) electrons. The summed E-state index contributed by atoms with van der Waals surface area (Å²) in [4.78, 5) is 28.7. The Morgan fingerprint density at radius 3 is 2.70 bits per heavy atom. The molecule has 0 bridgehead atoms. The van der Waals surface area contributed by atoms with Gasteiger partial charge in [0.05, 0.1) is 10.6 Å². The number of aromatic nitrogens is 1. The highest BCUT2D eigenvalue weighted by molar-refractivity contribution is 7.12. The second kappa shape index (κ2) is 6.15. The number of amides is 1. The number of carboxylic acid groups (broad SMARTS) is 1. The third kappa shape index (κ3) is 3.43. The van der Waals surface area contributed by atoms with Crippen molar-refractivity contribution in [2.45, 2.75) is 20.3 Å². The molecule has 2 heterocycles. The van der Waals surface area contributed by atoms with Crippen molar-refractivity contribution in [2.75, 3.05) is 6.54 Å². The second-order valence-corrected chi connectivity index (χ2v) is 6.67. The first-order valence-electron chi connectivity index (χ1n) is 6.00. The molecule has 0 atom stereocenters. The van der Waals surface area contributed by atoms with E-state index in [4.69, 9.17) is 5.11 Å². The molecule has 0 spiro atoms. The lowest BCUT2D eigenvalue weighted by atomic mass is 10.2. The maximum atomic E-state index is 12.0. The van der Waals surface area contributed by atoms with Crippen LogP contribution in [0, 0.1) is 13.8 Å². The van der Waals surface area contributed by atoms with E-state index in [1.165, 1.54) is 16.7 Å². The monoisotopic (exact) mass is 310 g/mol. The molecule has 7 heteroatoms. The number of aryl methyl sites for hydroxylation is 2. The molecule has 2 aromatic rings. The normalized spacial score (nSPS) is 10.5. The van der Waals surface area contributed by atoms with E-state index in [2.05, 4.69) is 10.3 Å². The maximum Gasteiger partial charge on any atom is 0.355 e. The van der Waals surface area contributed by atoms with E-state index in [1.54, 1.807) is 11.3 Å². The van der Waals surface area contributed by atoms with Crippen LogP contribution in [0.3, 0.4) is 0 Å². The molecular weight excluding hydrogens is 296 g/mol. The number of thiophene rings is 1. The molecule has 2 rings (SSSR count). The average Bonchev–Trinajstić information content (AvgIpc) is 2.96. The predicted octanol–water partition coefficient (Wildman–Crippen LogP) is 2.49. The smallest absolute Gasteiger partial charge is 0.355 e. The first-order valence-corrected chi connectivity index (χ1v) is 7.70. The van der Waals surface area contributed by atoms with Gasteiger partial charge >= 0.3 is 5.97 Å². The van der Waals surface area contributed by atoms with Gasteiger partial charge < -0.3 is 10.4 Å². The molecule has 1 amide bonds. The summed E-state index contributed by atoms with van der Waals surface area (Å²) in [5, 5.41) is 13.8.